The number of H-pyrrole nitrogens is 1. The maximum atomic E-state index is 9.41. The van der Waals surface area contributed by atoms with Crippen LogP contribution in [0.3, 0.4) is 0 Å². The van der Waals surface area contributed by atoms with Crippen LogP contribution < -0.4 is 0 Å². The number of hydrogen-bond donors (Lipinski definition) is 2. The van der Waals surface area contributed by atoms with Crippen molar-refractivity contribution in [3.63, 3.8) is 0 Å². The smallest absolute Gasteiger partial charge is 0.0723 e. The summed E-state index contributed by atoms with van der Waals surface area (Å²) < 4.78 is 0. The average Bonchev–Trinajstić information content (AvgIpc) is 3.06. The molecule has 0 atom stereocenters. The highest BCUT2D eigenvalue weighted by Crippen LogP contribution is 2.22. The van der Waals surface area contributed by atoms with Crippen molar-refractivity contribution in [2.45, 2.75) is 19.4 Å². The van der Waals surface area contributed by atoms with E-state index in [0.717, 1.165) is 29.7 Å². The highest BCUT2D eigenvalue weighted by atomic mass is 16.3. The minimum atomic E-state index is -0.0151. The SMILES string of the molecule is OCc1ccncc1-c1cc(CCc2cn[nH]c2)ccn1. The van der Waals surface area contributed by atoms with Crippen LogP contribution in [-0.2, 0) is 19.4 Å². The molecule has 5 nitrogen and oxygen atoms in total. The van der Waals surface area contributed by atoms with Crippen LogP contribution in [0.1, 0.15) is 16.7 Å². The summed E-state index contributed by atoms with van der Waals surface area (Å²) >= 11 is 0. The summed E-state index contributed by atoms with van der Waals surface area (Å²) in [7, 11) is 0. The van der Waals surface area contributed by atoms with Gasteiger partial charge in [0, 0.05) is 30.4 Å². The van der Waals surface area contributed by atoms with Crippen molar-refractivity contribution < 1.29 is 5.11 Å². The summed E-state index contributed by atoms with van der Waals surface area (Å²) in [4.78, 5) is 8.52. The molecule has 3 rings (SSSR count). The average molecular weight is 280 g/mol. The second-order valence-corrected chi connectivity index (χ2v) is 4.85. The van der Waals surface area contributed by atoms with Gasteiger partial charge in [-0.25, -0.2) is 0 Å². The Hall–Kier alpha value is -2.53. The van der Waals surface area contributed by atoms with Crippen LogP contribution in [0.2, 0.25) is 0 Å². The standard InChI is InChI=1S/C16H16N4O/c21-11-14-4-5-17-10-15(14)16-7-12(3-6-18-16)1-2-13-8-19-20-9-13/h3-10,21H,1-2,11H2,(H,19,20). The number of aromatic nitrogens is 4. The van der Waals surface area contributed by atoms with Crippen LogP contribution in [0.4, 0.5) is 0 Å². The lowest BCUT2D eigenvalue weighted by Crippen LogP contribution is -1.95. The van der Waals surface area contributed by atoms with E-state index in [-0.39, 0.29) is 6.61 Å². The fourth-order valence-corrected chi connectivity index (χ4v) is 2.27. The van der Waals surface area contributed by atoms with Crippen molar-refractivity contribution in [3.05, 3.63) is 65.9 Å². The Kier molecular flexibility index (Phi) is 4.02. The van der Waals surface area contributed by atoms with Gasteiger partial charge in [-0.05, 0) is 47.7 Å². The minimum Gasteiger partial charge on any atom is -0.392 e. The molecular weight excluding hydrogens is 264 g/mol. The summed E-state index contributed by atoms with van der Waals surface area (Å²) in [6.07, 6.45) is 10.8. The van der Waals surface area contributed by atoms with Crippen molar-refractivity contribution in [3.8, 4) is 11.3 Å². The van der Waals surface area contributed by atoms with Gasteiger partial charge in [-0.3, -0.25) is 15.1 Å². The molecule has 0 radical (unpaired) electrons. The first-order chi connectivity index (χ1) is 10.4. The fourth-order valence-electron chi connectivity index (χ4n) is 2.27. The van der Waals surface area contributed by atoms with E-state index in [1.807, 2.05) is 24.5 Å². The number of hydrogen-bond acceptors (Lipinski definition) is 4. The van der Waals surface area contributed by atoms with Crippen molar-refractivity contribution in [2.75, 3.05) is 0 Å². The maximum Gasteiger partial charge on any atom is 0.0723 e. The normalized spacial score (nSPS) is 10.7. The summed E-state index contributed by atoms with van der Waals surface area (Å²) in [6, 6.07) is 5.88. The summed E-state index contributed by atoms with van der Waals surface area (Å²) in [5, 5.41) is 16.2. The molecule has 0 bridgehead atoms. The van der Waals surface area contributed by atoms with E-state index in [4.69, 9.17) is 0 Å². The van der Waals surface area contributed by atoms with Gasteiger partial charge in [0.25, 0.3) is 0 Å². The van der Waals surface area contributed by atoms with Crippen molar-refractivity contribution in [2.24, 2.45) is 0 Å². The lowest BCUT2D eigenvalue weighted by molar-refractivity contribution is 0.282. The molecule has 2 N–H and O–H groups in total. The van der Waals surface area contributed by atoms with Crippen molar-refractivity contribution in [1.82, 2.24) is 20.2 Å². The molecule has 106 valence electrons. The van der Waals surface area contributed by atoms with E-state index >= 15 is 0 Å². The van der Waals surface area contributed by atoms with Gasteiger partial charge >= 0.3 is 0 Å². The number of aliphatic hydroxyl groups excluding tert-OH is 1. The van der Waals surface area contributed by atoms with Crippen molar-refractivity contribution >= 4 is 0 Å². The topological polar surface area (TPSA) is 74.7 Å². The number of aliphatic hydroxyl groups is 1. The summed E-state index contributed by atoms with van der Waals surface area (Å²) in [6.45, 7) is -0.0151. The zero-order valence-electron chi connectivity index (χ0n) is 11.5. The van der Waals surface area contributed by atoms with Crippen LogP contribution >= 0.6 is 0 Å². The lowest BCUT2D eigenvalue weighted by Gasteiger charge is -2.07. The quantitative estimate of drug-likeness (QED) is 0.751. The van der Waals surface area contributed by atoms with Crippen LogP contribution in [0.15, 0.2) is 49.2 Å². The number of pyridine rings is 2. The third-order valence-electron chi connectivity index (χ3n) is 3.44. The van der Waals surface area contributed by atoms with Crippen molar-refractivity contribution in [1.29, 1.82) is 0 Å². The largest absolute Gasteiger partial charge is 0.392 e. The molecule has 3 aromatic rings. The van der Waals surface area contributed by atoms with E-state index < -0.39 is 0 Å². The Labute approximate surface area is 122 Å². The third-order valence-corrected chi connectivity index (χ3v) is 3.44. The van der Waals surface area contributed by atoms with Gasteiger partial charge in [0.05, 0.1) is 18.5 Å². The van der Waals surface area contributed by atoms with Gasteiger partial charge in [0.1, 0.15) is 0 Å². The molecule has 0 fully saturated rings. The van der Waals surface area contributed by atoms with E-state index in [0.29, 0.717) is 0 Å². The van der Waals surface area contributed by atoms with Gasteiger partial charge in [0.2, 0.25) is 0 Å². The van der Waals surface area contributed by atoms with E-state index in [1.165, 1.54) is 11.1 Å². The molecule has 3 heterocycles. The molecule has 0 aliphatic heterocycles. The molecule has 3 aromatic heterocycles. The van der Waals surface area contributed by atoms with Gasteiger partial charge in [-0.2, -0.15) is 5.10 Å². The second-order valence-electron chi connectivity index (χ2n) is 4.85. The van der Waals surface area contributed by atoms with Gasteiger partial charge in [-0.1, -0.05) is 0 Å². The maximum absolute atomic E-state index is 9.41. The Morgan fingerprint density at radius 2 is 1.95 bits per heavy atom. The van der Waals surface area contributed by atoms with E-state index in [9.17, 15) is 5.11 Å². The Balaban J connectivity index is 1.82. The molecule has 0 aliphatic carbocycles. The molecule has 0 spiro atoms. The van der Waals surface area contributed by atoms with E-state index in [2.05, 4.69) is 26.2 Å². The third kappa shape index (κ3) is 3.14. The van der Waals surface area contributed by atoms with Gasteiger partial charge < -0.3 is 5.11 Å². The molecule has 0 amide bonds. The Bertz CT molecular complexity index is 710. The van der Waals surface area contributed by atoms with E-state index in [1.54, 1.807) is 18.6 Å². The number of aryl methyl sites for hydroxylation is 2. The lowest BCUT2D eigenvalue weighted by atomic mass is 10.0. The summed E-state index contributed by atoms with van der Waals surface area (Å²) in [5.41, 5.74) is 4.95. The molecule has 21 heavy (non-hydrogen) atoms. The zero-order valence-corrected chi connectivity index (χ0v) is 11.5. The van der Waals surface area contributed by atoms with Crippen LogP contribution in [-0.4, -0.2) is 25.3 Å². The fraction of sp³-hybridized carbons (Fsp3) is 0.188. The molecule has 5 heteroatoms. The van der Waals surface area contributed by atoms with Gasteiger partial charge in [0.15, 0.2) is 0 Å². The first-order valence-electron chi connectivity index (χ1n) is 6.83. The minimum absolute atomic E-state index is 0.0151. The zero-order chi connectivity index (χ0) is 14.5. The highest BCUT2D eigenvalue weighted by molar-refractivity contribution is 5.62. The number of nitrogens with zero attached hydrogens (tertiary/aromatic N) is 3. The molecular formula is C16H16N4O. The molecule has 0 saturated carbocycles. The van der Waals surface area contributed by atoms with Crippen LogP contribution in [0.5, 0.6) is 0 Å². The number of aromatic amines is 1. The number of rotatable bonds is 5. The first-order valence-corrected chi connectivity index (χ1v) is 6.83. The Morgan fingerprint density at radius 1 is 1.05 bits per heavy atom. The van der Waals surface area contributed by atoms with Crippen LogP contribution in [0, 0.1) is 0 Å². The number of nitrogens with one attached hydrogen (secondary N) is 1. The van der Waals surface area contributed by atoms with Crippen LogP contribution in [0.25, 0.3) is 11.3 Å². The second kappa shape index (κ2) is 6.28. The highest BCUT2D eigenvalue weighted by Gasteiger charge is 2.07. The Morgan fingerprint density at radius 3 is 2.76 bits per heavy atom. The first kappa shape index (κ1) is 13.5. The van der Waals surface area contributed by atoms with Gasteiger partial charge in [-0.15, -0.1) is 0 Å². The molecule has 0 aliphatic rings. The monoisotopic (exact) mass is 280 g/mol. The molecule has 0 aromatic carbocycles. The predicted octanol–water partition coefficient (Wildman–Crippen LogP) is 2.14. The molecule has 0 saturated heterocycles. The predicted molar refractivity (Wildman–Crippen MR) is 79.4 cm³/mol. The summed E-state index contributed by atoms with van der Waals surface area (Å²) in [5.74, 6) is 0. The molecule has 0 unspecified atom stereocenters.